The van der Waals surface area contributed by atoms with E-state index in [9.17, 15) is 13.2 Å². The molecule has 5 heteroatoms. The highest BCUT2D eigenvalue weighted by Crippen LogP contribution is 2.43. The summed E-state index contributed by atoms with van der Waals surface area (Å²) in [6.45, 7) is 2.88. The third-order valence-corrected chi connectivity index (χ3v) is 4.28. The fourth-order valence-electron chi connectivity index (χ4n) is 2.62. The maximum Gasteiger partial charge on any atom is 0.417 e. The van der Waals surface area contributed by atoms with Crippen LogP contribution in [0.2, 0.25) is 0 Å². The van der Waals surface area contributed by atoms with Gasteiger partial charge >= 0.3 is 6.18 Å². The maximum atomic E-state index is 12.7. The third-order valence-electron chi connectivity index (χ3n) is 4.28. The molecule has 0 spiro atoms. The van der Waals surface area contributed by atoms with Crippen molar-refractivity contribution in [2.75, 3.05) is 11.9 Å². The first-order chi connectivity index (χ1) is 9.40. The van der Waals surface area contributed by atoms with Crippen molar-refractivity contribution in [3.63, 3.8) is 0 Å². The smallest absolute Gasteiger partial charge is 0.384 e. The normalized spacial score (nSPS) is 17.1. The van der Waals surface area contributed by atoms with Gasteiger partial charge in [-0.05, 0) is 42.9 Å². The Morgan fingerprint density at radius 3 is 2.50 bits per heavy atom. The first kappa shape index (κ1) is 14.7. The molecular weight excluding hydrogens is 265 g/mol. The molecule has 0 saturated heterocycles. The van der Waals surface area contributed by atoms with Crippen molar-refractivity contribution < 1.29 is 13.2 Å². The van der Waals surface area contributed by atoms with Gasteiger partial charge in [-0.2, -0.15) is 18.4 Å². The fourth-order valence-corrected chi connectivity index (χ4v) is 2.62. The molecule has 20 heavy (non-hydrogen) atoms. The van der Waals surface area contributed by atoms with Crippen LogP contribution in [0.15, 0.2) is 18.2 Å². The molecule has 0 bridgehead atoms. The van der Waals surface area contributed by atoms with E-state index in [1.165, 1.54) is 18.6 Å². The van der Waals surface area contributed by atoms with Crippen LogP contribution in [-0.2, 0) is 6.18 Å². The molecule has 2 rings (SSSR count). The monoisotopic (exact) mass is 282 g/mol. The van der Waals surface area contributed by atoms with Gasteiger partial charge in [0, 0.05) is 12.2 Å². The summed E-state index contributed by atoms with van der Waals surface area (Å²) in [5.41, 5.74) is -0.356. The fraction of sp³-hybridized carbons (Fsp3) is 0.533. The number of benzene rings is 1. The van der Waals surface area contributed by atoms with Crippen LogP contribution in [0, 0.1) is 16.7 Å². The van der Waals surface area contributed by atoms with Crippen LogP contribution in [0.4, 0.5) is 18.9 Å². The van der Waals surface area contributed by atoms with Gasteiger partial charge in [0.15, 0.2) is 0 Å². The van der Waals surface area contributed by atoms with Gasteiger partial charge in [0.2, 0.25) is 0 Å². The van der Waals surface area contributed by atoms with Crippen LogP contribution in [-0.4, -0.2) is 6.54 Å². The Morgan fingerprint density at radius 2 is 2.05 bits per heavy atom. The van der Waals surface area contributed by atoms with Crippen molar-refractivity contribution in [1.82, 2.24) is 0 Å². The summed E-state index contributed by atoms with van der Waals surface area (Å²) in [6.07, 6.45) is 0.102. The summed E-state index contributed by atoms with van der Waals surface area (Å²) in [6, 6.07) is 5.27. The minimum Gasteiger partial charge on any atom is -0.384 e. The van der Waals surface area contributed by atoms with Crippen LogP contribution in [0.5, 0.6) is 0 Å². The predicted molar refractivity (Wildman–Crippen MR) is 71.2 cm³/mol. The minimum absolute atomic E-state index is 0.273. The van der Waals surface area contributed by atoms with E-state index >= 15 is 0 Å². The molecule has 0 heterocycles. The van der Waals surface area contributed by atoms with Gasteiger partial charge in [-0.3, -0.25) is 0 Å². The van der Waals surface area contributed by atoms with Gasteiger partial charge in [0.25, 0.3) is 0 Å². The first-order valence-electron chi connectivity index (χ1n) is 6.75. The molecule has 0 atom stereocenters. The van der Waals surface area contributed by atoms with E-state index in [2.05, 4.69) is 12.2 Å². The number of rotatable bonds is 4. The van der Waals surface area contributed by atoms with Gasteiger partial charge in [0.05, 0.1) is 17.2 Å². The zero-order chi connectivity index (χ0) is 14.8. The highest BCUT2D eigenvalue weighted by Gasteiger charge is 2.35. The van der Waals surface area contributed by atoms with Gasteiger partial charge in [-0.25, -0.2) is 0 Å². The van der Waals surface area contributed by atoms with E-state index in [0.717, 1.165) is 31.9 Å². The minimum atomic E-state index is -4.48. The summed E-state index contributed by atoms with van der Waals surface area (Å²) in [7, 11) is 0. The summed E-state index contributed by atoms with van der Waals surface area (Å²) >= 11 is 0. The molecule has 0 aromatic heterocycles. The molecule has 0 aliphatic heterocycles. The van der Waals surface area contributed by atoms with Crippen molar-refractivity contribution in [2.45, 2.75) is 38.8 Å². The van der Waals surface area contributed by atoms with Crippen LogP contribution in [0.1, 0.15) is 43.7 Å². The number of anilines is 1. The van der Waals surface area contributed by atoms with E-state index in [1.807, 2.05) is 0 Å². The molecule has 0 radical (unpaired) electrons. The zero-order valence-electron chi connectivity index (χ0n) is 11.3. The Balaban J connectivity index is 2.13. The summed E-state index contributed by atoms with van der Waals surface area (Å²) in [5.74, 6) is 0. The highest BCUT2D eigenvalue weighted by molar-refractivity contribution is 5.53. The lowest BCUT2D eigenvalue weighted by atomic mass is 9.67. The number of hydrogen-bond donors (Lipinski definition) is 1. The van der Waals surface area contributed by atoms with E-state index in [-0.39, 0.29) is 11.0 Å². The van der Waals surface area contributed by atoms with Crippen molar-refractivity contribution in [3.05, 3.63) is 29.3 Å². The van der Waals surface area contributed by atoms with E-state index < -0.39 is 11.7 Å². The molecule has 1 aliphatic rings. The number of nitrogens with one attached hydrogen (secondary N) is 1. The lowest BCUT2D eigenvalue weighted by molar-refractivity contribution is -0.137. The molecule has 0 amide bonds. The Bertz CT molecular complexity index is 519. The SMILES string of the molecule is CCC1(CNc2ccc(C(F)(F)F)c(C#N)c2)CCC1. The third kappa shape index (κ3) is 2.90. The van der Waals surface area contributed by atoms with Crippen LogP contribution in [0.3, 0.4) is 0 Å². The molecule has 1 saturated carbocycles. The predicted octanol–water partition coefficient (Wildman–Crippen LogP) is 4.57. The second-order valence-electron chi connectivity index (χ2n) is 5.43. The van der Waals surface area contributed by atoms with Gasteiger partial charge in [0.1, 0.15) is 0 Å². The van der Waals surface area contributed by atoms with Gasteiger partial charge < -0.3 is 5.32 Å². The Kier molecular flexibility index (Phi) is 3.94. The average molecular weight is 282 g/mol. The lowest BCUT2D eigenvalue weighted by Crippen LogP contribution is -2.35. The Morgan fingerprint density at radius 1 is 1.35 bits per heavy atom. The zero-order valence-corrected chi connectivity index (χ0v) is 11.3. The molecule has 1 aliphatic carbocycles. The van der Waals surface area contributed by atoms with E-state index in [4.69, 9.17) is 5.26 Å². The van der Waals surface area contributed by atoms with Crippen LogP contribution in [0.25, 0.3) is 0 Å². The Labute approximate surface area is 116 Å². The average Bonchev–Trinajstić information content (AvgIpc) is 2.36. The van der Waals surface area contributed by atoms with E-state index in [1.54, 1.807) is 6.07 Å². The van der Waals surface area contributed by atoms with Crippen molar-refractivity contribution in [1.29, 1.82) is 5.26 Å². The molecule has 0 unspecified atom stereocenters. The van der Waals surface area contributed by atoms with Crippen LogP contribution >= 0.6 is 0 Å². The maximum absolute atomic E-state index is 12.7. The van der Waals surface area contributed by atoms with Gasteiger partial charge in [-0.1, -0.05) is 13.3 Å². The van der Waals surface area contributed by atoms with Crippen LogP contribution < -0.4 is 5.32 Å². The summed E-state index contributed by atoms with van der Waals surface area (Å²) in [4.78, 5) is 0. The number of nitriles is 1. The van der Waals surface area contributed by atoms with Crippen molar-refractivity contribution in [2.24, 2.45) is 5.41 Å². The molecule has 1 aromatic rings. The second-order valence-corrected chi connectivity index (χ2v) is 5.43. The summed E-state index contributed by atoms with van der Waals surface area (Å²) < 4.78 is 38.1. The lowest BCUT2D eigenvalue weighted by Gasteiger charge is -2.41. The number of alkyl halides is 3. The van der Waals surface area contributed by atoms with Gasteiger partial charge in [-0.15, -0.1) is 0 Å². The number of hydrogen-bond acceptors (Lipinski definition) is 2. The largest absolute Gasteiger partial charge is 0.417 e. The second kappa shape index (κ2) is 5.35. The van der Waals surface area contributed by atoms with E-state index in [0.29, 0.717) is 5.69 Å². The highest BCUT2D eigenvalue weighted by atomic mass is 19.4. The molecule has 1 fully saturated rings. The molecular formula is C15H17F3N2. The molecule has 1 aromatic carbocycles. The summed E-state index contributed by atoms with van der Waals surface area (Å²) in [5, 5.41) is 12.0. The first-order valence-corrected chi connectivity index (χ1v) is 6.75. The molecule has 108 valence electrons. The van der Waals surface area contributed by atoms with Crippen molar-refractivity contribution >= 4 is 5.69 Å². The Hall–Kier alpha value is -1.70. The molecule has 1 N–H and O–H groups in total. The quantitative estimate of drug-likeness (QED) is 0.878. The van der Waals surface area contributed by atoms with Crippen molar-refractivity contribution in [3.8, 4) is 6.07 Å². The number of nitrogens with zero attached hydrogens (tertiary/aromatic N) is 1. The topological polar surface area (TPSA) is 35.8 Å². The number of halogens is 3. The standard InChI is InChI=1S/C15H17F3N2/c1-2-14(6-3-7-14)10-20-12-4-5-13(15(16,17)18)11(8-12)9-19/h4-5,8,20H,2-3,6-7,10H2,1H3. The molecule has 2 nitrogen and oxygen atoms in total.